The van der Waals surface area contributed by atoms with Crippen molar-refractivity contribution < 1.29 is 37.0 Å². The number of benzene rings is 2. The minimum absolute atomic E-state index is 0.0262. The second-order valence-electron chi connectivity index (χ2n) is 9.95. The molecule has 1 aliphatic heterocycles. The Morgan fingerprint density at radius 1 is 1.05 bits per heavy atom. The zero-order valence-corrected chi connectivity index (χ0v) is 23.1. The van der Waals surface area contributed by atoms with Gasteiger partial charge in [-0.1, -0.05) is 18.2 Å². The molecule has 0 bridgehead atoms. The van der Waals surface area contributed by atoms with E-state index >= 15 is 0 Å². The van der Waals surface area contributed by atoms with Gasteiger partial charge >= 0.3 is 6.09 Å². The van der Waals surface area contributed by atoms with Gasteiger partial charge in [-0.3, -0.25) is 4.79 Å². The molecule has 0 spiro atoms. The van der Waals surface area contributed by atoms with E-state index in [2.05, 4.69) is 0 Å². The van der Waals surface area contributed by atoms with E-state index in [1.54, 1.807) is 12.0 Å². The first-order chi connectivity index (χ1) is 17.9. The predicted molar refractivity (Wildman–Crippen MR) is 141 cm³/mol. The first kappa shape index (κ1) is 29.2. The van der Waals surface area contributed by atoms with Crippen molar-refractivity contribution >= 4 is 21.9 Å². The Hall–Kier alpha value is -3.31. The molecule has 1 heterocycles. The number of carbonyl (C=O) groups is 2. The summed E-state index contributed by atoms with van der Waals surface area (Å²) in [5.74, 6) is 0.696. The monoisotopic (exact) mass is 548 g/mol. The van der Waals surface area contributed by atoms with E-state index < -0.39 is 21.7 Å². The molecular formula is C27H36N2O8S. The van der Waals surface area contributed by atoms with Crippen molar-refractivity contribution in [2.24, 2.45) is 5.14 Å². The van der Waals surface area contributed by atoms with E-state index in [1.807, 2.05) is 45.0 Å². The highest BCUT2D eigenvalue weighted by atomic mass is 32.2. The summed E-state index contributed by atoms with van der Waals surface area (Å²) >= 11 is 0. The largest absolute Gasteiger partial charge is 0.496 e. The van der Waals surface area contributed by atoms with Gasteiger partial charge in [0, 0.05) is 25.1 Å². The van der Waals surface area contributed by atoms with Crippen molar-refractivity contribution in [3.63, 3.8) is 0 Å². The van der Waals surface area contributed by atoms with E-state index in [9.17, 15) is 18.0 Å². The Balaban J connectivity index is 1.64. The van der Waals surface area contributed by atoms with Gasteiger partial charge in [0.25, 0.3) is 0 Å². The summed E-state index contributed by atoms with van der Waals surface area (Å²) in [5, 5.41) is 5.33. The van der Waals surface area contributed by atoms with Crippen LogP contribution < -0.4 is 19.3 Å². The fourth-order valence-corrected chi connectivity index (χ4v) is 4.72. The number of rotatable bonds is 11. The molecule has 11 heteroatoms. The van der Waals surface area contributed by atoms with Gasteiger partial charge in [0.1, 0.15) is 29.5 Å². The standard InChI is InChI=1S/C27H36N2O8S/c1-27(2,3)37-26(31)29(14-12-19-9-5-6-11-22(19)34-4)13-8-7-10-21(30)20-17-23-25(36-16-15-35-23)24(18-20)38(28,32)33/h5-6,9,11,17-18H,7-8,10,12-16H2,1-4H3,(H2,28,32,33). The second-order valence-corrected chi connectivity index (χ2v) is 11.5. The van der Waals surface area contributed by atoms with Gasteiger partial charge in [-0.15, -0.1) is 0 Å². The molecule has 0 saturated carbocycles. The number of sulfonamides is 1. The van der Waals surface area contributed by atoms with Crippen LogP contribution in [0.1, 0.15) is 56.0 Å². The van der Waals surface area contributed by atoms with Gasteiger partial charge in [0.2, 0.25) is 10.0 Å². The number of carbonyl (C=O) groups excluding carboxylic acids is 2. The molecule has 2 N–H and O–H groups in total. The van der Waals surface area contributed by atoms with Crippen LogP contribution in [0.25, 0.3) is 0 Å². The number of ketones is 1. The predicted octanol–water partition coefficient (Wildman–Crippen LogP) is 3.95. The Labute approximate surface area is 224 Å². The minimum atomic E-state index is -4.12. The van der Waals surface area contributed by atoms with E-state index in [1.165, 1.54) is 12.1 Å². The number of primary sulfonamides is 1. The summed E-state index contributed by atoms with van der Waals surface area (Å²) in [6, 6.07) is 10.3. The molecule has 0 saturated heterocycles. The summed E-state index contributed by atoms with van der Waals surface area (Å²) in [6.45, 7) is 6.67. The Morgan fingerprint density at radius 2 is 1.76 bits per heavy atom. The average Bonchev–Trinajstić information content (AvgIpc) is 2.85. The highest BCUT2D eigenvalue weighted by Crippen LogP contribution is 2.37. The molecule has 1 amide bonds. The van der Waals surface area contributed by atoms with Crippen LogP contribution in [-0.4, -0.2) is 64.2 Å². The first-order valence-corrected chi connectivity index (χ1v) is 14.0. The molecule has 0 atom stereocenters. The number of unbranched alkanes of at least 4 members (excludes halogenated alkanes) is 1. The number of nitrogens with two attached hydrogens (primary N) is 1. The van der Waals surface area contributed by atoms with E-state index in [4.69, 9.17) is 24.1 Å². The molecule has 0 unspecified atom stereocenters. The third-order valence-electron chi connectivity index (χ3n) is 5.81. The average molecular weight is 549 g/mol. The minimum Gasteiger partial charge on any atom is -0.496 e. The van der Waals surface area contributed by atoms with Crippen LogP contribution >= 0.6 is 0 Å². The van der Waals surface area contributed by atoms with Crippen LogP contribution in [0.15, 0.2) is 41.3 Å². The fraction of sp³-hybridized carbons (Fsp3) is 0.481. The second kappa shape index (κ2) is 12.5. The van der Waals surface area contributed by atoms with E-state index in [-0.39, 0.29) is 47.4 Å². The Bertz CT molecular complexity index is 1250. The number of amides is 1. The van der Waals surface area contributed by atoms with Crippen LogP contribution in [-0.2, 0) is 21.2 Å². The number of ether oxygens (including phenoxy) is 4. The lowest BCUT2D eigenvalue weighted by Gasteiger charge is -2.27. The number of para-hydroxylation sites is 1. The smallest absolute Gasteiger partial charge is 0.410 e. The molecule has 10 nitrogen and oxygen atoms in total. The van der Waals surface area contributed by atoms with Crippen molar-refractivity contribution in [3.8, 4) is 17.2 Å². The number of hydrogen-bond acceptors (Lipinski definition) is 8. The molecule has 208 valence electrons. The van der Waals surface area contributed by atoms with E-state index in [0.29, 0.717) is 32.4 Å². The maximum atomic E-state index is 12.9. The zero-order valence-electron chi connectivity index (χ0n) is 22.3. The third kappa shape index (κ3) is 8.09. The summed E-state index contributed by atoms with van der Waals surface area (Å²) in [5.41, 5.74) is 0.510. The quantitative estimate of drug-likeness (QED) is 0.330. The maximum absolute atomic E-state index is 12.9. The molecule has 2 aromatic carbocycles. The summed E-state index contributed by atoms with van der Waals surface area (Å²) in [4.78, 5) is 27.1. The Kier molecular flexibility index (Phi) is 9.61. The zero-order chi connectivity index (χ0) is 27.9. The van der Waals surface area contributed by atoms with Crippen LogP contribution in [0.4, 0.5) is 4.79 Å². The molecule has 0 radical (unpaired) electrons. The highest BCUT2D eigenvalue weighted by Gasteiger charge is 2.26. The SMILES string of the molecule is COc1ccccc1CCN(CCCCC(=O)c1cc2c(c(S(N)(=O)=O)c1)OCCO2)C(=O)OC(C)(C)C. The molecular weight excluding hydrogens is 512 g/mol. The van der Waals surface area contributed by atoms with Crippen molar-refractivity contribution in [2.75, 3.05) is 33.4 Å². The first-order valence-electron chi connectivity index (χ1n) is 12.5. The van der Waals surface area contributed by atoms with Gasteiger partial charge in [0.15, 0.2) is 17.3 Å². The normalized spacial score (nSPS) is 13.1. The third-order valence-corrected chi connectivity index (χ3v) is 6.73. The Morgan fingerprint density at radius 3 is 2.45 bits per heavy atom. The fourth-order valence-electron chi connectivity index (χ4n) is 4.01. The van der Waals surface area contributed by atoms with Crippen LogP contribution in [0, 0.1) is 0 Å². The molecule has 1 aliphatic rings. The van der Waals surface area contributed by atoms with Crippen molar-refractivity contribution in [3.05, 3.63) is 47.5 Å². The van der Waals surface area contributed by atoms with Gasteiger partial charge in [-0.2, -0.15) is 0 Å². The maximum Gasteiger partial charge on any atom is 0.410 e. The summed E-state index contributed by atoms with van der Waals surface area (Å²) < 4.78 is 46.0. The van der Waals surface area contributed by atoms with Crippen molar-refractivity contribution in [1.82, 2.24) is 4.90 Å². The number of fused-ring (bicyclic) bond motifs is 1. The molecule has 38 heavy (non-hydrogen) atoms. The van der Waals surface area contributed by atoms with Crippen LogP contribution in [0.2, 0.25) is 0 Å². The lowest BCUT2D eigenvalue weighted by atomic mass is 10.0. The van der Waals surface area contributed by atoms with Crippen molar-refractivity contribution in [1.29, 1.82) is 0 Å². The molecule has 0 aliphatic carbocycles. The van der Waals surface area contributed by atoms with Crippen LogP contribution in [0.5, 0.6) is 17.2 Å². The molecule has 2 aromatic rings. The van der Waals surface area contributed by atoms with Gasteiger partial charge < -0.3 is 23.8 Å². The molecule has 0 aromatic heterocycles. The van der Waals surface area contributed by atoms with Crippen LogP contribution in [0.3, 0.4) is 0 Å². The van der Waals surface area contributed by atoms with E-state index in [0.717, 1.165) is 11.3 Å². The topological polar surface area (TPSA) is 134 Å². The molecule has 3 rings (SSSR count). The lowest BCUT2D eigenvalue weighted by Crippen LogP contribution is -2.38. The molecule has 0 fully saturated rings. The van der Waals surface area contributed by atoms with Gasteiger partial charge in [0.05, 0.1) is 7.11 Å². The number of methoxy groups -OCH3 is 1. The number of hydrogen-bond donors (Lipinski definition) is 1. The van der Waals surface area contributed by atoms with Crippen molar-refractivity contribution in [2.45, 2.75) is 57.0 Å². The lowest BCUT2D eigenvalue weighted by molar-refractivity contribution is 0.0249. The van der Waals surface area contributed by atoms with Gasteiger partial charge in [-0.25, -0.2) is 18.4 Å². The number of Topliss-reactive ketones (excluding diaryl/α,β-unsaturated/α-hetero) is 1. The van der Waals surface area contributed by atoms with Gasteiger partial charge in [-0.05, 0) is 63.8 Å². The summed E-state index contributed by atoms with van der Waals surface area (Å²) in [6.07, 6.45) is 1.33. The number of nitrogens with zero attached hydrogens (tertiary/aromatic N) is 1. The summed E-state index contributed by atoms with van der Waals surface area (Å²) in [7, 11) is -2.51. The highest BCUT2D eigenvalue weighted by molar-refractivity contribution is 7.89.